The van der Waals surface area contributed by atoms with E-state index in [1.54, 1.807) is 33.9 Å². The number of nitrogens with zero attached hydrogens (tertiary/aromatic N) is 9. The van der Waals surface area contributed by atoms with Crippen LogP contribution in [0.5, 0.6) is 0 Å². The smallest absolute Gasteiger partial charge is 0.323 e. The monoisotopic (exact) mass is 772 g/mol. The molecule has 1 saturated carbocycles. The van der Waals surface area contributed by atoms with Crippen LogP contribution in [0.1, 0.15) is 77.5 Å². The van der Waals surface area contributed by atoms with Crippen LogP contribution in [0.4, 0.5) is 21.9 Å². The molecule has 1 atom stereocenters. The molecule has 292 valence electrons. The molecular formula is C39H40N12O6. The molecule has 4 aromatic heterocycles. The molecule has 18 nitrogen and oxygen atoms in total. The number of hydrogen-bond acceptors (Lipinski definition) is 12. The summed E-state index contributed by atoms with van der Waals surface area (Å²) in [6.45, 7) is 4.60. The van der Waals surface area contributed by atoms with E-state index in [0.29, 0.717) is 98.7 Å². The number of pyridine rings is 1. The minimum atomic E-state index is -0.651. The number of nitrogens with one attached hydrogen (secondary N) is 3. The summed E-state index contributed by atoms with van der Waals surface area (Å²) in [6, 6.07) is 8.25. The number of fused-ring (bicyclic) bond motifs is 2. The predicted molar refractivity (Wildman–Crippen MR) is 204 cm³/mol. The van der Waals surface area contributed by atoms with Gasteiger partial charge in [-0.3, -0.25) is 29.5 Å². The van der Waals surface area contributed by atoms with Crippen molar-refractivity contribution in [3.63, 3.8) is 0 Å². The van der Waals surface area contributed by atoms with Crippen molar-refractivity contribution < 1.29 is 28.5 Å². The quantitative estimate of drug-likeness (QED) is 0.174. The number of piperazine rings is 1. The van der Waals surface area contributed by atoms with Crippen LogP contribution in [0.15, 0.2) is 53.4 Å². The number of aryl methyl sites for hydroxylation is 2. The van der Waals surface area contributed by atoms with Crippen LogP contribution >= 0.6 is 0 Å². The third-order valence-electron chi connectivity index (χ3n) is 11.0. The Morgan fingerprint density at radius 1 is 0.982 bits per heavy atom. The number of piperidine rings is 1. The maximum absolute atomic E-state index is 13.1. The molecule has 6 amide bonds. The summed E-state index contributed by atoms with van der Waals surface area (Å²) in [5.41, 5.74) is 6.46. The first-order chi connectivity index (χ1) is 27.7. The van der Waals surface area contributed by atoms with E-state index in [2.05, 4.69) is 46.1 Å². The third kappa shape index (κ3) is 7.25. The Morgan fingerprint density at radius 2 is 1.82 bits per heavy atom. The van der Waals surface area contributed by atoms with Crippen LogP contribution in [0.3, 0.4) is 0 Å². The van der Waals surface area contributed by atoms with E-state index < -0.39 is 18.0 Å². The molecule has 7 heterocycles. The number of rotatable bonds is 10. The van der Waals surface area contributed by atoms with Gasteiger partial charge in [0.1, 0.15) is 11.7 Å². The molecule has 1 aromatic carbocycles. The molecule has 3 aliphatic heterocycles. The average Bonchev–Trinajstić information content (AvgIpc) is 3.57. The van der Waals surface area contributed by atoms with Gasteiger partial charge in [-0.05, 0) is 68.0 Å². The van der Waals surface area contributed by atoms with Crippen LogP contribution in [0.2, 0.25) is 0 Å². The lowest BCUT2D eigenvalue weighted by Crippen LogP contribution is -2.52. The lowest BCUT2D eigenvalue weighted by Gasteiger charge is -2.36. The summed E-state index contributed by atoms with van der Waals surface area (Å²) >= 11 is 0. The normalized spacial score (nSPS) is 18.2. The molecule has 0 spiro atoms. The number of carbonyl (C=O) groups excluding carboxylic acids is 5. The third-order valence-corrected chi connectivity index (χ3v) is 11.0. The molecule has 18 heteroatoms. The van der Waals surface area contributed by atoms with E-state index in [-0.39, 0.29) is 24.1 Å². The molecule has 1 aliphatic carbocycles. The van der Waals surface area contributed by atoms with Gasteiger partial charge in [0.05, 0.1) is 35.7 Å². The number of aromatic nitrogens is 6. The number of amides is 6. The molecule has 3 N–H and O–H groups in total. The van der Waals surface area contributed by atoms with Crippen LogP contribution < -0.4 is 20.9 Å². The summed E-state index contributed by atoms with van der Waals surface area (Å²) < 4.78 is 7.27. The zero-order valence-electron chi connectivity index (χ0n) is 31.2. The Morgan fingerprint density at radius 3 is 2.61 bits per heavy atom. The van der Waals surface area contributed by atoms with Gasteiger partial charge in [-0.15, -0.1) is 0 Å². The Balaban J connectivity index is 0.736. The predicted octanol–water partition coefficient (Wildman–Crippen LogP) is 3.44. The number of urea groups is 1. The summed E-state index contributed by atoms with van der Waals surface area (Å²) in [7, 11) is 0. The molecule has 0 radical (unpaired) electrons. The van der Waals surface area contributed by atoms with Crippen molar-refractivity contribution in [3.8, 4) is 11.5 Å². The van der Waals surface area contributed by atoms with Crippen LogP contribution in [-0.2, 0) is 27.3 Å². The standard InChI is InChI=1S/C39H40N12O6/c1-22-17-25(43-39(56)44-28-20-40-30-11-12-42-51(30)35(28)23-5-6-23)19-41-34(22)36-46-32(57-47-36)3-2-4-33(53)49-15-13-48(14-16-49)26-7-8-27-24(18-26)21-50(38(27)55)29-9-10-31(52)45-37(29)54/h7-8,11-12,17-20,23,29H,2-6,9-10,13-16,21H2,1H3,(H2,43,44,56)(H,45,52,54). The van der Waals surface area contributed by atoms with E-state index in [1.807, 2.05) is 30.0 Å². The molecule has 2 saturated heterocycles. The highest BCUT2D eigenvalue weighted by Gasteiger charge is 2.39. The van der Waals surface area contributed by atoms with Crippen molar-refractivity contribution in [2.45, 2.75) is 70.4 Å². The van der Waals surface area contributed by atoms with Crippen molar-refractivity contribution in [1.29, 1.82) is 0 Å². The Labute approximate surface area is 326 Å². The number of carbonyl (C=O) groups is 5. The first-order valence-corrected chi connectivity index (χ1v) is 19.2. The fraction of sp³-hybridized carbons (Fsp3) is 0.385. The van der Waals surface area contributed by atoms with E-state index in [1.165, 1.54) is 6.20 Å². The Hall–Kier alpha value is -6.72. The van der Waals surface area contributed by atoms with Gasteiger partial charge in [-0.1, -0.05) is 5.16 Å². The van der Waals surface area contributed by atoms with Gasteiger partial charge >= 0.3 is 6.03 Å². The van der Waals surface area contributed by atoms with Crippen LogP contribution in [-0.4, -0.2) is 101 Å². The van der Waals surface area contributed by atoms with Gasteiger partial charge in [-0.2, -0.15) is 10.1 Å². The van der Waals surface area contributed by atoms with E-state index in [0.717, 1.165) is 41.0 Å². The summed E-state index contributed by atoms with van der Waals surface area (Å²) in [5.74, 6) is 0.188. The summed E-state index contributed by atoms with van der Waals surface area (Å²) in [5, 5.41) is 16.6. The molecule has 57 heavy (non-hydrogen) atoms. The van der Waals surface area contributed by atoms with E-state index in [9.17, 15) is 24.0 Å². The van der Waals surface area contributed by atoms with E-state index >= 15 is 0 Å². The number of anilines is 3. The van der Waals surface area contributed by atoms with Crippen molar-refractivity contribution in [1.82, 2.24) is 44.8 Å². The van der Waals surface area contributed by atoms with Crippen LogP contribution in [0.25, 0.3) is 17.2 Å². The summed E-state index contributed by atoms with van der Waals surface area (Å²) in [4.78, 5) is 82.2. The largest absolute Gasteiger partial charge is 0.368 e. The van der Waals surface area contributed by atoms with Gasteiger partial charge in [0.25, 0.3) is 5.91 Å². The lowest BCUT2D eigenvalue weighted by atomic mass is 10.0. The van der Waals surface area contributed by atoms with E-state index in [4.69, 9.17) is 4.52 Å². The summed E-state index contributed by atoms with van der Waals surface area (Å²) in [6.07, 6.45) is 8.82. The molecule has 3 fully saturated rings. The fourth-order valence-corrected chi connectivity index (χ4v) is 7.87. The highest BCUT2D eigenvalue weighted by atomic mass is 16.5. The minimum absolute atomic E-state index is 0.0559. The lowest BCUT2D eigenvalue weighted by molar-refractivity contribution is -0.137. The topological polar surface area (TPSA) is 213 Å². The molecular weight excluding hydrogens is 733 g/mol. The average molecular weight is 773 g/mol. The van der Waals surface area contributed by atoms with Crippen molar-refractivity contribution in [3.05, 3.63) is 77.2 Å². The maximum atomic E-state index is 13.1. The van der Waals surface area contributed by atoms with Gasteiger partial charge in [0.15, 0.2) is 5.65 Å². The fourth-order valence-electron chi connectivity index (χ4n) is 7.87. The number of imide groups is 1. The van der Waals surface area contributed by atoms with Gasteiger partial charge in [-0.25, -0.2) is 14.3 Å². The molecule has 5 aromatic rings. The number of benzene rings is 1. The van der Waals surface area contributed by atoms with Gasteiger partial charge < -0.3 is 29.9 Å². The zero-order valence-corrected chi connectivity index (χ0v) is 31.2. The highest BCUT2D eigenvalue weighted by molar-refractivity contribution is 6.05. The minimum Gasteiger partial charge on any atom is -0.368 e. The van der Waals surface area contributed by atoms with Crippen molar-refractivity contribution in [2.75, 3.05) is 41.7 Å². The second kappa shape index (κ2) is 14.7. The molecule has 1 unspecified atom stereocenters. The van der Waals surface area contributed by atoms with Crippen LogP contribution in [0, 0.1) is 6.92 Å². The van der Waals surface area contributed by atoms with Gasteiger partial charge in [0, 0.05) is 75.2 Å². The second-order valence-electron chi connectivity index (χ2n) is 14.9. The zero-order chi connectivity index (χ0) is 39.2. The first-order valence-electron chi connectivity index (χ1n) is 19.2. The SMILES string of the molecule is Cc1cc(NC(=O)Nc2cnc3ccnn3c2C2CC2)cnc1-c1noc(CCCC(=O)N2CCN(c3ccc4c(c3)CN(C3CCC(=O)NC3=O)C4=O)CC2)n1. The first kappa shape index (κ1) is 35.9. The highest BCUT2D eigenvalue weighted by Crippen LogP contribution is 2.43. The molecule has 9 rings (SSSR count). The number of hydrogen-bond donors (Lipinski definition) is 3. The Bertz CT molecular complexity index is 2430. The molecule has 0 bridgehead atoms. The maximum Gasteiger partial charge on any atom is 0.323 e. The second-order valence-corrected chi connectivity index (χ2v) is 14.9. The molecule has 4 aliphatic rings. The Kier molecular flexibility index (Phi) is 9.30. The van der Waals surface area contributed by atoms with Crippen molar-refractivity contribution in [2.24, 2.45) is 0 Å². The van der Waals surface area contributed by atoms with Crippen molar-refractivity contribution >= 4 is 52.4 Å². The van der Waals surface area contributed by atoms with Gasteiger partial charge in [0.2, 0.25) is 29.4 Å².